The molecule has 98 valence electrons. The van der Waals surface area contributed by atoms with E-state index in [1.54, 1.807) is 12.4 Å². The van der Waals surface area contributed by atoms with Crippen LogP contribution in [0.2, 0.25) is 0 Å². The number of hydrogen-bond acceptors (Lipinski definition) is 3. The Balaban J connectivity index is 2.18. The van der Waals surface area contributed by atoms with Crippen LogP contribution in [-0.4, -0.2) is 15.8 Å². The molecule has 20 heavy (non-hydrogen) atoms. The number of ketones is 1. The summed E-state index contributed by atoms with van der Waals surface area (Å²) >= 11 is 0. The maximum atomic E-state index is 12.7. The number of carbonyl (C=O) groups excluding carboxylic acids is 1. The van der Waals surface area contributed by atoms with Crippen molar-refractivity contribution in [2.75, 3.05) is 0 Å². The lowest BCUT2D eigenvalue weighted by Gasteiger charge is -2.07. The summed E-state index contributed by atoms with van der Waals surface area (Å²) in [5.41, 5.74) is 2.99. The Kier molecular flexibility index (Phi) is 3.25. The number of aromatic nitrogens is 2. The Hall–Kier alpha value is -2.55. The molecule has 2 heterocycles. The molecule has 0 aliphatic carbocycles. The Morgan fingerprint density at radius 1 is 1.00 bits per heavy atom. The number of rotatable bonds is 3. The van der Waals surface area contributed by atoms with Crippen LogP contribution in [-0.2, 0) is 6.42 Å². The first-order valence-electron chi connectivity index (χ1n) is 6.63. The summed E-state index contributed by atoms with van der Waals surface area (Å²) in [6.07, 6.45) is 4.18. The molecule has 0 aliphatic heterocycles. The first-order valence-corrected chi connectivity index (χ1v) is 6.63. The summed E-state index contributed by atoms with van der Waals surface area (Å²) in [5.74, 6) is -0.0407. The number of hydrogen-bond donors (Lipinski definition) is 0. The van der Waals surface area contributed by atoms with Gasteiger partial charge in [-0.25, -0.2) is 0 Å². The molecule has 1 aromatic carbocycles. The van der Waals surface area contributed by atoms with Crippen molar-refractivity contribution in [1.29, 1.82) is 0 Å². The molecule has 0 aliphatic rings. The molecule has 0 radical (unpaired) electrons. The van der Waals surface area contributed by atoms with Crippen LogP contribution >= 0.6 is 0 Å². The van der Waals surface area contributed by atoms with Gasteiger partial charge in [-0.05, 0) is 30.2 Å². The number of aryl methyl sites for hydroxylation is 1. The minimum Gasteiger partial charge on any atom is -0.287 e. The smallest absolute Gasteiger partial charge is 0.212 e. The fourth-order valence-electron chi connectivity index (χ4n) is 2.36. The van der Waals surface area contributed by atoms with Gasteiger partial charge in [0.25, 0.3) is 0 Å². The minimum atomic E-state index is -0.0407. The zero-order valence-corrected chi connectivity index (χ0v) is 11.2. The molecule has 0 N–H and O–H groups in total. The lowest BCUT2D eigenvalue weighted by atomic mass is 9.99. The first kappa shape index (κ1) is 12.5. The van der Waals surface area contributed by atoms with Crippen LogP contribution in [0, 0.1) is 0 Å². The molecule has 0 saturated carbocycles. The highest BCUT2D eigenvalue weighted by Gasteiger charge is 2.16. The highest BCUT2D eigenvalue weighted by Crippen LogP contribution is 2.20. The molecule has 0 saturated heterocycles. The number of benzene rings is 1. The van der Waals surface area contributed by atoms with Crippen molar-refractivity contribution >= 4 is 16.7 Å². The van der Waals surface area contributed by atoms with Crippen LogP contribution in [0.5, 0.6) is 0 Å². The van der Waals surface area contributed by atoms with Gasteiger partial charge in [-0.15, -0.1) is 0 Å². The number of carbonyl (C=O) groups is 1. The second-order valence-corrected chi connectivity index (χ2v) is 4.57. The average molecular weight is 262 g/mol. The van der Waals surface area contributed by atoms with Gasteiger partial charge < -0.3 is 0 Å². The molecule has 0 spiro atoms. The van der Waals surface area contributed by atoms with E-state index in [0.717, 1.165) is 22.9 Å². The normalized spacial score (nSPS) is 10.7. The van der Waals surface area contributed by atoms with Crippen molar-refractivity contribution in [3.8, 4) is 0 Å². The zero-order chi connectivity index (χ0) is 13.9. The monoisotopic (exact) mass is 262 g/mol. The fourth-order valence-corrected chi connectivity index (χ4v) is 2.36. The van der Waals surface area contributed by atoms with Gasteiger partial charge in [-0.3, -0.25) is 14.8 Å². The lowest BCUT2D eigenvalue weighted by molar-refractivity contribution is 0.103. The molecule has 0 amide bonds. The van der Waals surface area contributed by atoms with E-state index in [-0.39, 0.29) is 5.78 Å². The molecule has 0 fully saturated rings. The van der Waals surface area contributed by atoms with Gasteiger partial charge >= 0.3 is 0 Å². The third-order valence-corrected chi connectivity index (χ3v) is 3.38. The van der Waals surface area contributed by atoms with E-state index in [1.807, 2.05) is 49.4 Å². The van der Waals surface area contributed by atoms with Crippen LogP contribution in [0.15, 0.2) is 54.9 Å². The molecule has 3 nitrogen and oxygen atoms in total. The van der Waals surface area contributed by atoms with Crippen molar-refractivity contribution in [2.24, 2.45) is 0 Å². The molecule has 0 atom stereocenters. The summed E-state index contributed by atoms with van der Waals surface area (Å²) < 4.78 is 0. The predicted octanol–water partition coefficient (Wildman–Crippen LogP) is 3.42. The van der Waals surface area contributed by atoms with E-state index in [4.69, 9.17) is 0 Å². The lowest BCUT2D eigenvalue weighted by Crippen LogP contribution is -2.08. The summed E-state index contributed by atoms with van der Waals surface area (Å²) in [6, 6.07) is 13.2. The van der Waals surface area contributed by atoms with Crippen LogP contribution in [0.1, 0.15) is 28.5 Å². The number of nitrogens with zero attached hydrogens (tertiary/aromatic N) is 2. The van der Waals surface area contributed by atoms with Gasteiger partial charge in [0.2, 0.25) is 5.78 Å². The molecule has 2 aromatic heterocycles. The second kappa shape index (κ2) is 5.21. The molecule has 0 bridgehead atoms. The Morgan fingerprint density at radius 3 is 2.65 bits per heavy atom. The summed E-state index contributed by atoms with van der Waals surface area (Å²) in [6.45, 7) is 2.03. The van der Waals surface area contributed by atoms with Gasteiger partial charge in [-0.1, -0.05) is 31.2 Å². The van der Waals surface area contributed by atoms with Crippen LogP contribution in [0.25, 0.3) is 10.9 Å². The SMILES string of the molecule is CCc1cccnc1C(=O)c1cccc2ncccc12. The van der Waals surface area contributed by atoms with E-state index < -0.39 is 0 Å². The highest BCUT2D eigenvalue weighted by atomic mass is 16.1. The van der Waals surface area contributed by atoms with E-state index >= 15 is 0 Å². The Bertz CT molecular complexity index is 775. The average Bonchev–Trinajstić information content (AvgIpc) is 2.53. The maximum absolute atomic E-state index is 12.7. The second-order valence-electron chi connectivity index (χ2n) is 4.57. The van der Waals surface area contributed by atoms with Gasteiger partial charge in [0.05, 0.1) is 5.52 Å². The first-order chi connectivity index (χ1) is 9.81. The van der Waals surface area contributed by atoms with E-state index in [9.17, 15) is 4.79 Å². The topological polar surface area (TPSA) is 42.9 Å². The maximum Gasteiger partial charge on any atom is 0.212 e. The number of pyridine rings is 2. The van der Waals surface area contributed by atoms with Crippen molar-refractivity contribution in [3.63, 3.8) is 0 Å². The predicted molar refractivity (Wildman–Crippen MR) is 78.8 cm³/mol. The quantitative estimate of drug-likeness (QED) is 0.679. The highest BCUT2D eigenvalue weighted by molar-refractivity contribution is 6.15. The Morgan fingerprint density at radius 2 is 1.80 bits per heavy atom. The van der Waals surface area contributed by atoms with Crippen molar-refractivity contribution in [1.82, 2.24) is 9.97 Å². The van der Waals surface area contributed by atoms with Gasteiger partial charge in [-0.2, -0.15) is 0 Å². The van der Waals surface area contributed by atoms with Crippen molar-refractivity contribution < 1.29 is 4.79 Å². The van der Waals surface area contributed by atoms with E-state index in [0.29, 0.717) is 11.3 Å². The number of fused-ring (bicyclic) bond motifs is 1. The largest absolute Gasteiger partial charge is 0.287 e. The Labute approximate surface area is 117 Å². The standard InChI is InChI=1S/C17H14N2O/c1-2-12-6-4-11-19-16(12)17(20)14-7-3-9-15-13(14)8-5-10-18-15/h3-11H,2H2,1H3. The summed E-state index contributed by atoms with van der Waals surface area (Å²) in [7, 11) is 0. The van der Waals surface area contributed by atoms with Gasteiger partial charge in [0.15, 0.2) is 0 Å². The molecule has 3 rings (SSSR count). The van der Waals surface area contributed by atoms with Gasteiger partial charge in [0.1, 0.15) is 5.69 Å². The van der Waals surface area contributed by atoms with Crippen LogP contribution in [0.4, 0.5) is 0 Å². The summed E-state index contributed by atoms with van der Waals surface area (Å²) in [4.78, 5) is 21.3. The molecule has 0 unspecified atom stereocenters. The minimum absolute atomic E-state index is 0.0407. The molecular weight excluding hydrogens is 248 g/mol. The van der Waals surface area contributed by atoms with Gasteiger partial charge in [0, 0.05) is 23.3 Å². The van der Waals surface area contributed by atoms with Crippen LogP contribution in [0.3, 0.4) is 0 Å². The zero-order valence-electron chi connectivity index (χ0n) is 11.2. The molecule has 3 aromatic rings. The van der Waals surface area contributed by atoms with Crippen molar-refractivity contribution in [3.05, 3.63) is 71.7 Å². The molecular formula is C17H14N2O. The summed E-state index contributed by atoms with van der Waals surface area (Å²) in [5, 5.41) is 0.868. The molecule has 3 heteroatoms. The van der Waals surface area contributed by atoms with Crippen LogP contribution < -0.4 is 0 Å². The van der Waals surface area contributed by atoms with Crippen molar-refractivity contribution in [2.45, 2.75) is 13.3 Å². The fraction of sp³-hybridized carbons (Fsp3) is 0.118. The van der Waals surface area contributed by atoms with E-state index in [2.05, 4.69) is 9.97 Å². The third kappa shape index (κ3) is 2.07. The third-order valence-electron chi connectivity index (χ3n) is 3.38. The van der Waals surface area contributed by atoms with E-state index in [1.165, 1.54) is 0 Å².